The highest BCUT2D eigenvalue weighted by Crippen LogP contribution is 2.19. The van der Waals surface area contributed by atoms with Crippen molar-refractivity contribution in [3.8, 4) is 0 Å². The van der Waals surface area contributed by atoms with Crippen LogP contribution in [0.3, 0.4) is 0 Å². The number of piperidine rings is 1. The number of rotatable bonds is 4. The van der Waals surface area contributed by atoms with Gasteiger partial charge in [0.2, 0.25) is 15.9 Å². The maximum Gasteiger partial charge on any atom is 0.241 e. The Kier molecular flexibility index (Phi) is 4.84. The van der Waals surface area contributed by atoms with Crippen molar-refractivity contribution in [1.29, 1.82) is 0 Å². The lowest BCUT2D eigenvalue weighted by molar-refractivity contribution is -0.119. The zero-order chi connectivity index (χ0) is 15.5. The van der Waals surface area contributed by atoms with E-state index in [2.05, 4.69) is 22.3 Å². The van der Waals surface area contributed by atoms with Crippen molar-refractivity contribution in [2.45, 2.75) is 25.8 Å². The Morgan fingerprint density at radius 2 is 2.05 bits per heavy atom. The fourth-order valence-corrected chi connectivity index (χ4v) is 3.05. The molecule has 1 saturated heterocycles. The molecular weight excluding hydrogens is 290 g/mol. The molecule has 2 rings (SSSR count). The highest BCUT2D eigenvalue weighted by Gasteiger charge is 2.27. The van der Waals surface area contributed by atoms with Crippen LogP contribution in [-0.2, 0) is 14.8 Å². The minimum Gasteiger partial charge on any atom is -0.325 e. The highest BCUT2D eigenvalue weighted by atomic mass is 32.2. The van der Waals surface area contributed by atoms with Crippen LogP contribution in [0.2, 0.25) is 0 Å². The van der Waals surface area contributed by atoms with E-state index in [0.717, 1.165) is 25.6 Å². The third-order valence-electron chi connectivity index (χ3n) is 3.49. The summed E-state index contributed by atoms with van der Waals surface area (Å²) in [5, 5.41) is 6.05. The molecule has 2 unspecified atom stereocenters. The Morgan fingerprint density at radius 1 is 1.33 bits per heavy atom. The molecule has 2 atom stereocenters. The smallest absolute Gasteiger partial charge is 0.241 e. The van der Waals surface area contributed by atoms with Crippen molar-refractivity contribution in [2.75, 3.05) is 22.8 Å². The number of carbonyl (C=O) groups is 1. The minimum absolute atomic E-state index is 0.0845. The summed E-state index contributed by atoms with van der Waals surface area (Å²) < 4.78 is 24.8. The van der Waals surface area contributed by atoms with Gasteiger partial charge in [-0.3, -0.25) is 9.52 Å². The van der Waals surface area contributed by atoms with E-state index in [9.17, 15) is 13.2 Å². The van der Waals surface area contributed by atoms with Crippen LogP contribution in [0.1, 0.15) is 19.8 Å². The standard InChI is InChI=1S/C14H21N3O3S/c1-10-5-4-8-15-13(10)14(18)16-11-6-3-7-12(9-11)17-21(2,19)20/h3,6-7,9-10,13,15,17H,4-5,8H2,1-2H3,(H,16,18). The second kappa shape index (κ2) is 6.44. The summed E-state index contributed by atoms with van der Waals surface area (Å²) in [5.74, 6) is 0.204. The Labute approximate surface area is 125 Å². The Balaban J connectivity index is 2.05. The number of carbonyl (C=O) groups excluding carboxylic acids is 1. The fraction of sp³-hybridized carbons (Fsp3) is 0.500. The maximum absolute atomic E-state index is 12.3. The monoisotopic (exact) mass is 311 g/mol. The van der Waals surface area contributed by atoms with E-state index in [1.165, 1.54) is 0 Å². The van der Waals surface area contributed by atoms with Crippen molar-refractivity contribution in [3.05, 3.63) is 24.3 Å². The predicted octanol–water partition coefficient (Wildman–Crippen LogP) is 1.38. The fourth-order valence-electron chi connectivity index (χ4n) is 2.50. The van der Waals surface area contributed by atoms with Gasteiger partial charge in [0.05, 0.1) is 18.0 Å². The first-order valence-corrected chi connectivity index (χ1v) is 8.86. The van der Waals surface area contributed by atoms with Gasteiger partial charge in [-0.25, -0.2) is 8.42 Å². The zero-order valence-electron chi connectivity index (χ0n) is 12.2. The number of nitrogens with one attached hydrogen (secondary N) is 3. The van der Waals surface area contributed by atoms with E-state index in [0.29, 0.717) is 11.4 Å². The molecule has 1 aliphatic heterocycles. The van der Waals surface area contributed by atoms with Crippen LogP contribution < -0.4 is 15.4 Å². The van der Waals surface area contributed by atoms with Gasteiger partial charge in [0.1, 0.15) is 0 Å². The molecular formula is C14H21N3O3S. The lowest BCUT2D eigenvalue weighted by Crippen LogP contribution is -2.48. The average Bonchev–Trinajstić information content (AvgIpc) is 2.37. The van der Waals surface area contributed by atoms with Crippen LogP contribution in [0.4, 0.5) is 11.4 Å². The van der Waals surface area contributed by atoms with Crippen molar-refractivity contribution in [3.63, 3.8) is 0 Å². The Hall–Kier alpha value is -1.60. The van der Waals surface area contributed by atoms with Gasteiger partial charge in [0.15, 0.2) is 0 Å². The molecule has 0 radical (unpaired) electrons. The largest absolute Gasteiger partial charge is 0.325 e. The molecule has 0 aliphatic carbocycles. The second-order valence-corrected chi connectivity index (χ2v) is 7.24. The molecule has 0 aromatic heterocycles. The SMILES string of the molecule is CC1CCCNC1C(=O)Nc1cccc(NS(C)(=O)=O)c1. The van der Waals surface area contributed by atoms with Crippen molar-refractivity contribution in [1.82, 2.24) is 5.32 Å². The zero-order valence-corrected chi connectivity index (χ0v) is 13.0. The molecule has 1 aliphatic rings. The van der Waals surface area contributed by atoms with Gasteiger partial charge in [-0.15, -0.1) is 0 Å². The maximum atomic E-state index is 12.3. The van der Waals surface area contributed by atoms with E-state index in [-0.39, 0.29) is 17.9 Å². The molecule has 6 nitrogen and oxygen atoms in total. The predicted molar refractivity (Wildman–Crippen MR) is 83.7 cm³/mol. The van der Waals surface area contributed by atoms with Crippen molar-refractivity contribution >= 4 is 27.3 Å². The number of sulfonamides is 1. The Morgan fingerprint density at radius 3 is 2.71 bits per heavy atom. The molecule has 0 saturated carbocycles. The summed E-state index contributed by atoms with van der Waals surface area (Å²) in [6, 6.07) is 6.47. The van der Waals surface area contributed by atoms with Gasteiger partial charge in [0, 0.05) is 5.69 Å². The van der Waals surface area contributed by atoms with Crippen LogP contribution in [0.25, 0.3) is 0 Å². The van der Waals surface area contributed by atoms with Crippen LogP contribution in [-0.4, -0.2) is 33.2 Å². The summed E-state index contributed by atoms with van der Waals surface area (Å²) in [4.78, 5) is 12.3. The van der Waals surface area contributed by atoms with Gasteiger partial charge in [0.25, 0.3) is 0 Å². The number of benzene rings is 1. The van der Waals surface area contributed by atoms with Crippen LogP contribution in [0.5, 0.6) is 0 Å². The van der Waals surface area contributed by atoms with E-state index in [4.69, 9.17) is 0 Å². The average molecular weight is 311 g/mol. The molecule has 21 heavy (non-hydrogen) atoms. The molecule has 0 bridgehead atoms. The summed E-state index contributed by atoms with van der Waals surface area (Å²) in [7, 11) is -3.33. The highest BCUT2D eigenvalue weighted by molar-refractivity contribution is 7.92. The van der Waals surface area contributed by atoms with Gasteiger partial charge >= 0.3 is 0 Å². The number of anilines is 2. The summed E-state index contributed by atoms with van der Waals surface area (Å²) in [6.45, 7) is 2.90. The first kappa shape index (κ1) is 15.8. The van der Waals surface area contributed by atoms with Crippen molar-refractivity contribution in [2.24, 2.45) is 5.92 Å². The van der Waals surface area contributed by atoms with Gasteiger partial charge in [-0.1, -0.05) is 13.0 Å². The van der Waals surface area contributed by atoms with Crippen LogP contribution in [0.15, 0.2) is 24.3 Å². The molecule has 1 aromatic rings. The van der Waals surface area contributed by atoms with Gasteiger partial charge in [-0.05, 0) is 43.5 Å². The van der Waals surface area contributed by atoms with Gasteiger partial charge in [-0.2, -0.15) is 0 Å². The number of hydrogen-bond donors (Lipinski definition) is 3. The number of amides is 1. The van der Waals surface area contributed by atoms with E-state index < -0.39 is 10.0 Å². The molecule has 0 spiro atoms. The minimum atomic E-state index is -3.33. The topological polar surface area (TPSA) is 87.3 Å². The molecule has 1 aromatic carbocycles. The third kappa shape index (κ3) is 4.71. The van der Waals surface area contributed by atoms with Crippen LogP contribution in [0, 0.1) is 5.92 Å². The van der Waals surface area contributed by atoms with E-state index >= 15 is 0 Å². The molecule has 1 heterocycles. The van der Waals surface area contributed by atoms with Crippen LogP contribution >= 0.6 is 0 Å². The van der Waals surface area contributed by atoms with Gasteiger partial charge < -0.3 is 10.6 Å². The summed E-state index contributed by atoms with van der Waals surface area (Å²) in [6.07, 6.45) is 3.20. The molecule has 1 fully saturated rings. The first-order chi connectivity index (χ1) is 9.85. The lowest BCUT2D eigenvalue weighted by Gasteiger charge is -2.28. The van der Waals surface area contributed by atoms with E-state index in [1.807, 2.05) is 0 Å². The molecule has 7 heteroatoms. The summed E-state index contributed by atoms with van der Waals surface area (Å²) >= 11 is 0. The normalized spacial score (nSPS) is 22.6. The Bertz CT molecular complexity index is 616. The van der Waals surface area contributed by atoms with E-state index in [1.54, 1.807) is 24.3 Å². The molecule has 1 amide bonds. The summed E-state index contributed by atoms with van der Waals surface area (Å²) in [5.41, 5.74) is 1.01. The number of hydrogen-bond acceptors (Lipinski definition) is 4. The molecule has 116 valence electrons. The second-order valence-electron chi connectivity index (χ2n) is 5.50. The third-order valence-corrected chi connectivity index (χ3v) is 4.09. The quantitative estimate of drug-likeness (QED) is 0.784. The van der Waals surface area contributed by atoms with Crippen molar-refractivity contribution < 1.29 is 13.2 Å². The molecule has 3 N–H and O–H groups in total. The first-order valence-electron chi connectivity index (χ1n) is 6.97. The lowest BCUT2D eigenvalue weighted by atomic mass is 9.92.